The number of benzene rings is 1. The molecule has 0 spiro atoms. The average molecular weight is 525 g/mol. The van der Waals surface area contributed by atoms with Gasteiger partial charge in [0.15, 0.2) is 0 Å². The predicted octanol–water partition coefficient (Wildman–Crippen LogP) is 7.08. The van der Waals surface area contributed by atoms with E-state index in [0.29, 0.717) is 23.2 Å². The summed E-state index contributed by atoms with van der Waals surface area (Å²) in [5.74, 6) is 4.37. The van der Waals surface area contributed by atoms with E-state index < -0.39 is 11.7 Å². The fraction of sp³-hybridized carbons (Fsp3) is 0.679. The number of aliphatic hydroxyl groups is 1. The second-order valence-electron chi connectivity index (χ2n) is 10.3. The number of hydrogen-bond donors (Lipinski definition) is 2. The summed E-state index contributed by atoms with van der Waals surface area (Å²) in [6, 6.07) is 3.85. The summed E-state index contributed by atoms with van der Waals surface area (Å²) in [7, 11) is 0. The van der Waals surface area contributed by atoms with Crippen LogP contribution in [-0.4, -0.2) is 32.4 Å². The normalized spacial score (nSPS) is 18.8. The number of amides is 1. The Labute approximate surface area is 219 Å². The van der Waals surface area contributed by atoms with Gasteiger partial charge in [0.05, 0.1) is 5.56 Å². The molecule has 1 heterocycles. The third-order valence-electron chi connectivity index (χ3n) is 6.53. The van der Waals surface area contributed by atoms with Gasteiger partial charge in [0, 0.05) is 37.6 Å². The van der Waals surface area contributed by atoms with Crippen LogP contribution in [0.1, 0.15) is 108 Å². The van der Waals surface area contributed by atoms with Gasteiger partial charge in [-0.05, 0) is 81.0 Å². The van der Waals surface area contributed by atoms with E-state index in [1.54, 1.807) is 0 Å². The van der Waals surface area contributed by atoms with Crippen molar-refractivity contribution in [3.8, 4) is 0 Å². The number of halogens is 3. The van der Waals surface area contributed by atoms with E-state index in [1.807, 2.05) is 13.8 Å². The summed E-state index contributed by atoms with van der Waals surface area (Å²) >= 11 is 0. The molecule has 0 radical (unpaired) electrons. The lowest BCUT2D eigenvalue weighted by molar-refractivity contribution is -0.137. The molecule has 2 N–H and O–H groups in total. The molecule has 0 unspecified atom stereocenters. The van der Waals surface area contributed by atoms with Crippen LogP contribution < -0.4 is 5.32 Å². The van der Waals surface area contributed by atoms with Gasteiger partial charge in [-0.15, -0.1) is 10.2 Å². The highest BCUT2D eigenvalue weighted by Crippen LogP contribution is 2.47. The number of hydrogen-bond acceptors (Lipinski definition) is 4. The monoisotopic (exact) mass is 524 g/mol. The molecule has 2 aromatic rings. The Morgan fingerprint density at radius 3 is 2.32 bits per heavy atom. The van der Waals surface area contributed by atoms with E-state index in [0.717, 1.165) is 42.6 Å². The zero-order chi connectivity index (χ0) is 27.8. The van der Waals surface area contributed by atoms with Crippen LogP contribution in [0.2, 0.25) is 0 Å². The summed E-state index contributed by atoms with van der Waals surface area (Å²) in [6.45, 7) is 11.7. The Morgan fingerprint density at radius 1 is 1.19 bits per heavy atom. The molecular formula is C28H43F3N4O2. The minimum absolute atomic E-state index is 0.243. The standard InChI is InChI=1S/C16H27N3O.C10H10F3NO.C2H6/c1-11(2)8-12-9-13(10-12)16-18-17-15(4-3-7-20)19(16)14-5-6-14;1-6-5-8(10(11,12)13)3-4-9(6)14-7(2)15;1-2/h11-14,20H,3-10H2,1-2H3;3-5H,1-2H3,(H,14,15);1-2H3. The fourth-order valence-corrected chi connectivity index (χ4v) is 4.73. The summed E-state index contributed by atoms with van der Waals surface area (Å²) in [6.07, 6.45) is 3.81. The smallest absolute Gasteiger partial charge is 0.396 e. The SMILES string of the molecule is CC.CC(=O)Nc1ccc(C(F)(F)F)cc1C.CC(C)CC1CC(c2nnc(CCCO)n2C2CC2)C1. The molecule has 1 amide bonds. The summed E-state index contributed by atoms with van der Waals surface area (Å²) in [5, 5.41) is 20.4. The summed E-state index contributed by atoms with van der Waals surface area (Å²) in [5.41, 5.74) is 0.0737. The molecule has 1 aromatic carbocycles. The third-order valence-corrected chi connectivity index (χ3v) is 6.53. The highest BCUT2D eigenvalue weighted by molar-refractivity contribution is 5.89. The number of anilines is 1. The van der Waals surface area contributed by atoms with Crippen molar-refractivity contribution in [3.63, 3.8) is 0 Å². The second kappa shape index (κ2) is 13.9. The van der Waals surface area contributed by atoms with Crippen LogP contribution in [0.5, 0.6) is 0 Å². The van der Waals surface area contributed by atoms with Crippen LogP contribution in [0.15, 0.2) is 18.2 Å². The van der Waals surface area contributed by atoms with E-state index in [4.69, 9.17) is 5.11 Å². The zero-order valence-electron chi connectivity index (χ0n) is 23.0. The number of aliphatic hydroxyl groups excluding tert-OH is 1. The maximum absolute atomic E-state index is 12.3. The van der Waals surface area contributed by atoms with Gasteiger partial charge in [0.25, 0.3) is 0 Å². The van der Waals surface area contributed by atoms with E-state index in [9.17, 15) is 18.0 Å². The number of rotatable bonds is 8. The quantitative estimate of drug-likeness (QED) is 0.387. The minimum Gasteiger partial charge on any atom is -0.396 e. The summed E-state index contributed by atoms with van der Waals surface area (Å²) < 4.78 is 39.2. The van der Waals surface area contributed by atoms with Crippen molar-refractivity contribution in [1.82, 2.24) is 14.8 Å². The highest BCUT2D eigenvalue weighted by atomic mass is 19.4. The van der Waals surface area contributed by atoms with E-state index in [-0.39, 0.29) is 12.5 Å². The van der Waals surface area contributed by atoms with Crippen LogP contribution in [0.25, 0.3) is 0 Å². The number of nitrogens with zero attached hydrogens (tertiary/aromatic N) is 3. The lowest BCUT2D eigenvalue weighted by atomic mass is 9.71. The number of nitrogens with one attached hydrogen (secondary N) is 1. The van der Waals surface area contributed by atoms with Crippen LogP contribution in [-0.2, 0) is 17.4 Å². The molecule has 0 aliphatic heterocycles. The molecule has 37 heavy (non-hydrogen) atoms. The fourth-order valence-electron chi connectivity index (χ4n) is 4.73. The van der Waals surface area contributed by atoms with Crippen molar-refractivity contribution in [3.05, 3.63) is 41.0 Å². The Hall–Kier alpha value is -2.42. The third kappa shape index (κ3) is 9.13. The first-order valence-corrected chi connectivity index (χ1v) is 13.5. The van der Waals surface area contributed by atoms with Gasteiger partial charge in [0.1, 0.15) is 11.6 Å². The van der Waals surface area contributed by atoms with Gasteiger partial charge >= 0.3 is 6.18 Å². The molecule has 2 aliphatic rings. The van der Waals surface area contributed by atoms with Crippen molar-refractivity contribution in [1.29, 1.82) is 0 Å². The Morgan fingerprint density at radius 2 is 1.84 bits per heavy atom. The first-order chi connectivity index (χ1) is 17.5. The Kier molecular flexibility index (Phi) is 11.6. The number of aryl methyl sites for hydroxylation is 2. The molecule has 1 aromatic heterocycles. The number of aromatic nitrogens is 3. The van der Waals surface area contributed by atoms with Crippen molar-refractivity contribution < 1.29 is 23.1 Å². The van der Waals surface area contributed by atoms with E-state index in [2.05, 4.69) is 33.9 Å². The minimum atomic E-state index is -4.35. The molecule has 0 saturated heterocycles. The number of alkyl halides is 3. The largest absolute Gasteiger partial charge is 0.416 e. The topological polar surface area (TPSA) is 80.0 Å². The lowest BCUT2D eigenvalue weighted by Crippen LogP contribution is -2.26. The maximum Gasteiger partial charge on any atom is 0.416 e. The van der Waals surface area contributed by atoms with Gasteiger partial charge < -0.3 is 15.0 Å². The van der Waals surface area contributed by atoms with Gasteiger partial charge in [-0.25, -0.2) is 0 Å². The van der Waals surface area contributed by atoms with Gasteiger partial charge in [-0.1, -0.05) is 27.7 Å². The van der Waals surface area contributed by atoms with E-state index in [1.165, 1.54) is 57.8 Å². The first kappa shape index (κ1) is 30.8. The molecule has 2 saturated carbocycles. The second-order valence-corrected chi connectivity index (χ2v) is 10.3. The predicted molar refractivity (Wildman–Crippen MR) is 140 cm³/mol. The molecule has 4 rings (SSSR count). The van der Waals surface area contributed by atoms with Crippen LogP contribution in [0.3, 0.4) is 0 Å². The van der Waals surface area contributed by atoms with Crippen LogP contribution in [0.4, 0.5) is 18.9 Å². The molecule has 0 bridgehead atoms. The van der Waals surface area contributed by atoms with Crippen molar-refractivity contribution >= 4 is 11.6 Å². The zero-order valence-corrected chi connectivity index (χ0v) is 23.0. The number of carbonyl (C=O) groups is 1. The average Bonchev–Trinajstić information content (AvgIpc) is 3.56. The lowest BCUT2D eigenvalue weighted by Gasteiger charge is -2.36. The molecule has 9 heteroatoms. The molecular weight excluding hydrogens is 481 g/mol. The molecule has 2 fully saturated rings. The van der Waals surface area contributed by atoms with E-state index >= 15 is 0 Å². The van der Waals surface area contributed by atoms with Gasteiger partial charge in [-0.2, -0.15) is 13.2 Å². The van der Waals surface area contributed by atoms with Crippen LogP contribution >= 0.6 is 0 Å². The Balaban J connectivity index is 0.000000254. The van der Waals surface area contributed by atoms with Crippen LogP contribution in [0, 0.1) is 18.8 Å². The Bertz CT molecular complexity index is 994. The molecule has 2 aliphatic carbocycles. The van der Waals surface area contributed by atoms with Crippen molar-refractivity contribution in [2.45, 2.75) is 105 Å². The van der Waals surface area contributed by atoms with Crippen molar-refractivity contribution in [2.75, 3.05) is 11.9 Å². The van der Waals surface area contributed by atoms with Gasteiger partial charge in [0.2, 0.25) is 5.91 Å². The highest BCUT2D eigenvalue weighted by Gasteiger charge is 2.38. The first-order valence-electron chi connectivity index (χ1n) is 13.5. The van der Waals surface area contributed by atoms with Crippen molar-refractivity contribution in [2.24, 2.45) is 11.8 Å². The maximum atomic E-state index is 12.3. The summed E-state index contributed by atoms with van der Waals surface area (Å²) in [4.78, 5) is 10.7. The number of carbonyl (C=O) groups excluding carboxylic acids is 1. The molecule has 0 atom stereocenters. The van der Waals surface area contributed by atoms with Gasteiger partial charge in [-0.3, -0.25) is 4.79 Å². The molecule has 6 nitrogen and oxygen atoms in total. The molecule has 208 valence electrons.